The number of urea groups is 1. The van der Waals surface area contributed by atoms with Crippen LogP contribution in [0.3, 0.4) is 0 Å². The number of nitrogens with one attached hydrogen (secondary N) is 1. The normalized spacial score (nSPS) is 10.5. The summed E-state index contributed by atoms with van der Waals surface area (Å²) in [6.45, 7) is 4.15. The molecule has 1 heterocycles. The molecule has 1 N–H and O–H groups in total. The van der Waals surface area contributed by atoms with Gasteiger partial charge in [0, 0.05) is 17.2 Å². The van der Waals surface area contributed by atoms with Crippen LogP contribution in [0.4, 0.5) is 21.3 Å². The number of nitrogens with zero attached hydrogens (tertiary/aromatic N) is 4. The zero-order valence-corrected chi connectivity index (χ0v) is 15.0. The van der Waals surface area contributed by atoms with Crippen LogP contribution in [0.1, 0.15) is 25.0 Å². The van der Waals surface area contributed by atoms with Crippen LogP contribution in [0.25, 0.3) is 0 Å². The molecule has 7 heteroatoms. The molecule has 3 rings (SSSR count). The molecule has 0 fully saturated rings. The summed E-state index contributed by atoms with van der Waals surface area (Å²) in [6.07, 6.45) is 1.62. The lowest BCUT2D eigenvalue weighted by atomic mass is 10.0. The quantitative estimate of drug-likeness (QED) is 0.737. The van der Waals surface area contributed by atoms with Crippen molar-refractivity contribution in [2.24, 2.45) is 0 Å². The lowest BCUT2D eigenvalue weighted by Gasteiger charge is -2.24. The number of para-hydroxylation sites is 2. The van der Waals surface area contributed by atoms with Crippen LogP contribution >= 0.6 is 11.5 Å². The number of rotatable bonds is 5. The Bertz CT molecular complexity index is 814. The summed E-state index contributed by atoms with van der Waals surface area (Å²) in [7, 11) is 0. The van der Waals surface area contributed by atoms with Gasteiger partial charge in [-0.15, -0.1) is 0 Å². The highest BCUT2D eigenvalue weighted by atomic mass is 32.1. The topological polar surface area (TPSA) is 71.0 Å². The van der Waals surface area contributed by atoms with Crippen LogP contribution in [0.5, 0.6) is 0 Å². The molecule has 0 unspecified atom stereocenters. The first-order valence-electron chi connectivity index (χ1n) is 8.16. The molecular weight excluding hydrogens is 334 g/mol. The smallest absolute Gasteiger partial charge is 0.307 e. The lowest BCUT2D eigenvalue weighted by molar-refractivity contribution is 0.259. The van der Waals surface area contributed by atoms with Crippen molar-refractivity contribution in [1.29, 1.82) is 0 Å². The van der Waals surface area contributed by atoms with E-state index in [9.17, 15) is 4.79 Å². The molecule has 3 aromatic rings. The Labute approximate surface area is 150 Å². The maximum absolute atomic E-state index is 13.1. The maximum atomic E-state index is 13.1. The zero-order chi connectivity index (χ0) is 17.6. The van der Waals surface area contributed by atoms with E-state index in [1.807, 2.05) is 48.5 Å². The van der Waals surface area contributed by atoms with Gasteiger partial charge in [0.05, 0.1) is 5.69 Å². The van der Waals surface area contributed by atoms with E-state index in [1.165, 1.54) is 0 Å². The van der Waals surface area contributed by atoms with Gasteiger partial charge in [-0.25, -0.2) is 9.69 Å². The number of amides is 2. The molecule has 0 bridgehead atoms. The van der Waals surface area contributed by atoms with Crippen molar-refractivity contribution in [2.45, 2.75) is 26.7 Å². The van der Waals surface area contributed by atoms with Crippen LogP contribution in [0.15, 0.2) is 48.5 Å². The Hall–Kier alpha value is -2.80. The Morgan fingerprint density at radius 3 is 2.28 bits per heavy atom. The predicted octanol–water partition coefficient (Wildman–Crippen LogP) is 4.43. The number of carbonyl (C=O) groups is 1. The number of aryl methyl sites for hydroxylation is 2. The standard InChI is InChI=1S/C18H19N5OS/c1-3-13-9-8-10-14(4-2)16(13)23(18-20-21-22-25-18)17(24)19-15-11-6-5-7-12-15/h5-12H,3-4H2,1-2H3,(H,19,24). The van der Waals surface area contributed by atoms with Gasteiger partial charge in [-0.1, -0.05) is 59.8 Å². The minimum atomic E-state index is -0.277. The van der Waals surface area contributed by atoms with Crippen molar-refractivity contribution in [2.75, 3.05) is 10.2 Å². The van der Waals surface area contributed by atoms with Gasteiger partial charge in [0.1, 0.15) is 0 Å². The number of hydrogen-bond acceptors (Lipinski definition) is 5. The lowest BCUT2D eigenvalue weighted by Crippen LogP contribution is -2.32. The Kier molecular flexibility index (Phi) is 5.35. The average molecular weight is 353 g/mol. The van der Waals surface area contributed by atoms with Gasteiger partial charge in [0.25, 0.3) is 0 Å². The van der Waals surface area contributed by atoms with Gasteiger partial charge < -0.3 is 5.32 Å². The van der Waals surface area contributed by atoms with Crippen molar-refractivity contribution in [1.82, 2.24) is 14.8 Å². The SMILES string of the molecule is CCc1cccc(CC)c1N(C(=O)Nc1ccccc1)c1nnns1. The maximum Gasteiger partial charge on any atom is 0.332 e. The molecule has 25 heavy (non-hydrogen) atoms. The highest BCUT2D eigenvalue weighted by Crippen LogP contribution is 2.33. The fourth-order valence-electron chi connectivity index (χ4n) is 2.70. The van der Waals surface area contributed by atoms with Crippen molar-refractivity contribution >= 4 is 34.1 Å². The third-order valence-electron chi connectivity index (χ3n) is 3.90. The van der Waals surface area contributed by atoms with E-state index in [4.69, 9.17) is 0 Å². The van der Waals surface area contributed by atoms with Gasteiger partial charge >= 0.3 is 6.03 Å². The number of anilines is 3. The van der Waals surface area contributed by atoms with Crippen LogP contribution in [-0.4, -0.2) is 20.8 Å². The van der Waals surface area contributed by atoms with Crippen LogP contribution < -0.4 is 10.2 Å². The monoisotopic (exact) mass is 353 g/mol. The molecule has 0 saturated carbocycles. The average Bonchev–Trinajstić information content (AvgIpc) is 3.17. The van der Waals surface area contributed by atoms with E-state index in [0.717, 1.165) is 46.9 Å². The van der Waals surface area contributed by atoms with E-state index in [2.05, 4.69) is 34.0 Å². The van der Waals surface area contributed by atoms with Gasteiger partial charge in [-0.3, -0.25) is 0 Å². The molecular formula is C18H19N5OS. The van der Waals surface area contributed by atoms with Crippen molar-refractivity contribution < 1.29 is 4.79 Å². The second kappa shape index (κ2) is 7.85. The second-order valence-corrected chi connectivity index (χ2v) is 6.12. The molecule has 0 aliphatic heterocycles. The largest absolute Gasteiger partial charge is 0.332 e. The van der Waals surface area contributed by atoms with Crippen molar-refractivity contribution in [3.63, 3.8) is 0 Å². The molecule has 1 aromatic heterocycles. The van der Waals surface area contributed by atoms with E-state index in [1.54, 1.807) is 4.90 Å². The molecule has 2 amide bonds. The summed E-state index contributed by atoms with van der Waals surface area (Å²) >= 11 is 1.10. The highest BCUT2D eigenvalue weighted by molar-refractivity contribution is 7.09. The summed E-state index contributed by atoms with van der Waals surface area (Å²) in [4.78, 5) is 14.7. The molecule has 128 valence electrons. The van der Waals surface area contributed by atoms with Crippen molar-refractivity contribution in [3.05, 3.63) is 59.7 Å². The molecule has 2 aromatic carbocycles. The summed E-state index contributed by atoms with van der Waals surface area (Å²) in [5.41, 5.74) is 3.75. The third-order valence-corrected chi connectivity index (χ3v) is 4.48. The minimum absolute atomic E-state index is 0.277. The zero-order valence-electron chi connectivity index (χ0n) is 14.1. The number of benzene rings is 2. The van der Waals surface area contributed by atoms with Crippen LogP contribution in [0.2, 0.25) is 0 Å². The highest BCUT2D eigenvalue weighted by Gasteiger charge is 2.26. The first-order valence-corrected chi connectivity index (χ1v) is 8.93. The molecule has 0 spiro atoms. The molecule has 0 radical (unpaired) electrons. The number of carbonyl (C=O) groups excluding carboxylic acids is 1. The molecule has 0 aliphatic carbocycles. The molecule has 0 atom stereocenters. The van der Waals surface area contributed by atoms with E-state index in [0.29, 0.717) is 5.13 Å². The second-order valence-electron chi connectivity index (χ2n) is 5.41. The summed E-state index contributed by atoms with van der Waals surface area (Å²) in [6, 6.07) is 15.2. The summed E-state index contributed by atoms with van der Waals surface area (Å²) in [5.74, 6) is 0. The van der Waals surface area contributed by atoms with Crippen LogP contribution in [0, 0.1) is 0 Å². The summed E-state index contributed by atoms with van der Waals surface area (Å²) in [5, 5.41) is 11.1. The van der Waals surface area contributed by atoms with Gasteiger partial charge in [0.15, 0.2) is 0 Å². The Morgan fingerprint density at radius 2 is 1.72 bits per heavy atom. The Morgan fingerprint density at radius 1 is 1.04 bits per heavy atom. The number of aromatic nitrogens is 3. The summed E-state index contributed by atoms with van der Waals surface area (Å²) < 4.78 is 3.83. The van der Waals surface area contributed by atoms with Gasteiger partial charge in [-0.05, 0) is 41.3 Å². The minimum Gasteiger partial charge on any atom is -0.307 e. The van der Waals surface area contributed by atoms with Gasteiger partial charge in [-0.2, -0.15) is 0 Å². The number of hydrogen-bond donors (Lipinski definition) is 1. The fourth-order valence-corrected chi connectivity index (χ4v) is 3.18. The molecule has 6 nitrogen and oxygen atoms in total. The van der Waals surface area contributed by atoms with Crippen molar-refractivity contribution in [3.8, 4) is 0 Å². The fraction of sp³-hybridized carbons (Fsp3) is 0.222. The molecule has 0 saturated heterocycles. The van der Waals surface area contributed by atoms with E-state index < -0.39 is 0 Å². The van der Waals surface area contributed by atoms with E-state index >= 15 is 0 Å². The van der Waals surface area contributed by atoms with E-state index in [-0.39, 0.29) is 6.03 Å². The first-order chi connectivity index (χ1) is 12.2. The predicted molar refractivity (Wildman–Crippen MR) is 101 cm³/mol. The first kappa shape index (κ1) is 17.0. The van der Waals surface area contributed by atoms with Crippen LogP contribution in [-0.2, 0) is 12.8 Å². The molecule has 0 aliphatic rings. The van der Waals surface area contributed by atoms with Gasteiger partial charge in [0.2, 0.25) is 5.13 Å². The Balaban J connectivity index is 2.07. The third kappa shape index (κ3) is 3.66.